The minimum Gasteiger partial charge on any atom is -0.457 e. The van der Waals surface area contributed by atoms with E-state index < -0.39 is 79.8 Å². The van der Waals surface area contributed by atoms with Crippen LogP contribution in [-0.2, 0) is 46.5 Å². The molecule has 0 spiro atoms. The number of ether oxygens (including phenoxy) is 5. The second-order valence-electron chi connectivity index (χ2n) is 9.85. The molecule has 0 bridgehead atoms. The van der Waals surface area contributed by atoms with E-state index in [0.29, 0.717) is 11.1 Å². The number of nitrogens with one attached hydrogen (secondary N) is 1. The van der Waals surface area contributed by atoms with Gasteiger partial charge in [0.15, 0.2) is 6.10 Å². The van der Waals surface area contributed by atoms with E-state index in [1.165, 1.54) is 26.0 Å². The highest BCUT2D eigenvalue weighted by molar-refractivity contribution is 5.78. The molecule has 14 nitrogen and oxygen atoms in total. The van der Waals surface area contributed by atoms with E-state index in [-0.39, 0.29) is 18.0 Å². The molecule has 234 valence electrons. The second-order valence-corrected chi connectivity index (χ2v) is 9.85. The van der Waals surface area contributed by atoms with Crippen LogP contribution in [0.15, 0.2) is 48.5 Å². The Balaban J connectivity index is 1.87. The van der Waals surface area contributed by atoms with E-state index in [0.717, 1.165) is 6.92 Å². The van der Waals surface area contributed by atoms with Gasteiger partial charge in [-0.15, -0.1) is 0 Å². The quantitative estimate of drug-likeness (QED) is 0.158. The minimum absolute atomic E-state index is 0.0388. The Labute approximate surface area is 247 Å². The van der Waals surface area contributed by atoms with Crippen molar-refractivity contribution in [2.24, 2.45) is 0 Å². The summed E-state index contributed by atoms with van der Waals surface area (Å²) in [6.07, 6.45) is -7.29. The maximum atomic E-state index is 13.1. The van der Waals surface area contributed by atoms with Crippen molar-refractivity contribution in [2.75, 3.05) is 6.61 Å². The Morgan fingerprint density at radius 2 is 1.51 bits per heavy atom. The van der Waals surface area contributed by atoms with E-state index in [1.807, 2.05) is 0 Å². The van der Waals surface area contributed by atoms with Crippen LogP contribution in [0.4, 0.5) is 0 Å². The zero-order chi connectivity index (χ0) is 31.7. The van der Waals surface area contributed by atoms with Crippen LogP contribution in [0.3, 0.4) is 0 Å². The highest BCUT2D eigenvalue weighted by Gasteiger charge is 2.55. The molecule has 1 saturated heterocycles. The molecule has 1 aliphatic rings. The first kappa shape index (κ1) is 33.6. The smallest absolute Gasteiger partial charge is 0.367 e. The van der Waals surface area contributed by atoms with Crippen molar-refractivity contribution in [1.29, 1.82) is 0 Å². The van der Waals surface area contributed by atoms with Gasteiger partial charge in [-0.25, -0.2) is 4.79 Å². The van der Waals surface area contributed by atoms with Crippen LogP contribution in [0.1, 0.15) is 38.3 Å². The molecular weight excluding hydrogens is 570 g/mol. The second kappa shape index (κ2) is 15.0. The summed E-state index contributed by atoms with van der Waals surface area (Å²) in [4.78, 5) is 48.0. The number of benzene rings is 2. The minimum atomic E-state index is -2.79. The third kappa shape index (κ3) is 9.03. The Kier molecular flexibility index (Phi) is 11.7. The Morgan fingerprint density at radius 1 is 0.953 bits per heavy atom. The predicted molar refractivity (Wildman–Crippen MR) is 145 cm³/mol. The van der Waals surface area contributed by atoms with Gasteiger partial charge in [0.25, 0.3) is 5.79 Å². The summed E-state index contributed by atoms with van der Waals surface area (Å²) in [5.74, 6) is -5.82. The molecule has 14 heteroatoms. The van der Waals surface area contributed by atoms with Crippen LogP contribution in [0.25, 0.3) is 0 Å². The summed E-state index contributed by atoms with van der Waals surface area (Å²) in [7, 11) is 0. The normalized spacial score (nSPS) is 23.0. The topological polar surface area (TPSA) is 207 Å². The number of esters is 4. The van der Waals surface area contributed by atoms with E-state index in [4.69, 9.17) is 23.7 Å². The van der Waals surface area contributed by atoms with Gasteiger partial charge in [0, 0.05) is 44.9 Å². The summed E-state index contributed by atoms with van der Waals surface area (Å²) >= 11 is 0. The maximum absolute atomic E-state index is 13.1. The van der Waals surface area contributed by atoms with Crippen LogP contribution in [0.5, 0.6) is 11.5 Å². The summed E-state index contributed by atoms with van der Waals surface area (Å²) in [5.41, 5.74) is 0.782. The van der Waals surface area contributed by atoms with Gasteiger partial charge in [-0.2, -0.15) is 0 Å². The van der Waals surface area contributed by atoms with Crippen LogP contribution < -0.4 is 14.8 Å². The molecule has 2 aromatic rings. The molecule has 43 heavy (non-hydrogen) atoms. The van der Waals surface area contributed by atoms with Gasteiger partial charge in [-0.05, 0) is 12.1 Å². The van der Waals surface area contributed by atoms with Crippen molar-refractivity contribution < 1.29 is 63.3 Å². The van der Waals surface area contributed by atoms with Crippen LogP contribution in [-0.4, -0.2) is 87.2 Å². The molecule has 1 unspecified atom stereocenters. The molecule has 0 saturated carbocycles. The molecule has 6 atom stereocenters. The highest BCUT2D eigenvalue weighted by Crippen LogP contribution is 2.33. The predicted octanol–water partition coefficient (Wildman–Crippen LogP) is -0.138. The highest BCUT2D eigenvalue weighted by atomic mass is 16.7. The molecule has 1 aliphatic heterocycles. The third-order valence-corrected chi connectivity index (χ3v) is 6.44. The number of rotatable bonds is 12. The molecule has 1 fully saturated rings. The molecule has 2 aromatic carbocycles. The maximum Gasteiger partial charge on any atom is 0.367 e. The van der Waals surface area contributed by atoms with Crippen LogP contribution in [0.2, 0.25) is 0 Å². The molecule has 1 heterocycles. The van der Waals surface area contributed by atoms with Crippen LogP contribution in [0, 0.1) is 0 Å². The van der Waals surface area contributed by atoms with Gasteiger partial charge in [-0.3, -0.25) is 14.4 Å². The Hall–Kier alpha value is -3.92. The molecule has 5 N–H and O–H groups in total. The van der Waals surface area contributed by atoms with E-state index in [9.17, 15) is 39.6 Å². The zero-order valence-electron chi connectivity index (χ0n) is 23.8. The van der Waals surface area contributed by atoms with Gasteiger partial charge in [0.2, 0.25) is 0 Å². The molecule has 0 amide bonds. The molecule has 3 rings (SSSR count). The van der Waals surface area contributed by atoms with Gasteiger partial charge in [0.05, 0.1) is 18.8 Å². The molecule has 0 aromatic heterocycles. The zero-order valence-corrected chi connectivity index (χ0v) is 23.8. The summed E-state index contributed by atoms with van der Waals surface area (Å²) in [6, 6.07) is 11.5. The van der Waals surface area contributed by atoms with E-state index in [2.05, 4.69) is 5.32 Å². The number of carbonyl (C=O) groups excluding carboxylic acids is 4. The van der Waals surface area contributed by atoms with Crippen molar-refractivity contribution in [2.45, 2.75) is 76.6 Å². The van der Waals surface area contributed by atoms with Crippen molar-refractivity contribution in [1.82, 2.24) is 5.32 Å². The van der Waals surface area contributed by atoms with Gasteiger partial charge in [0.1, 0.15) is 30.3 Å². The number of aliphatic hydroxyl groups excluding tert-OH is 3. The average molecular weight is 606 g/mol. The van der Waals surface area contributed by atoms with E-state index >= 15 is 0 Å². The third-order valence-electron chi connectivity index (χ3n) is 6.44. The summed E-state index contributed by atoms with van der Waals surface area (Å²) in [6.45, 7) is 2.08. The monoisotopic (exact) mass is 605 g/mol. The largest absolute Gasteiger partial charge is 0.457 e. The Bertz CT molecular complexity index is 1300. The number of para-hydroxylation sites is 2. The van der Waals surface area contributed by atoms with Gasteiger partial charge < -0.3 is 49.4 Å². The van der Waals surface area contributed by atoms with Crippen LogP contribution >= 0.6 is 0 Å². The van der Waals surface area contributed by atoms with Crippen molar-refractivity contribution in [3.63, 3.8) is 0 Å². The fourth-order valence-corrected chi connectivity index (χ4v) is 4.56. The number of hydrogen-bond donors (Lipinski definition) is 5. The first-order valence-corrected chi connectivity index (χ1v) is 13.3. The lowest BCUT2D eigenvalue weighted by Gasteiger charge is -2.46. The fourth-order valence-electron chi connectivity index (χ4n) is 4.56. The number of aliphatic hydroxyl groups is 4. The number of hydrogen-bond acceptors (Lipinski definition) is 14. The Morgan fingerprint density at radius 3 is 2.07 bits per heavy atom. The standard InChI is InChI=1S/C29H35NO13/c1-16(32)40-23-10-6-4-8-19(23)13-30-25-21(35)12-29(38,43-27(25)26(22(36)14-31)42-18(3)34)28(37)39-15-20-9-5-7-11-24(20)41-17(2)33/h4-11,21-22,25-27,30-31,35-36,38H,12-15H2,1-3H3/t21-,22+,25+,26+,27+,29?/m0/s1. The lowest BCUT2D eigenvalue weighted by atomic mass is 9.88. The fraction of sp³-hybridized carbons (Fsp3) is 0.448. The average Bonchev–Trinajstić information content (AvgIpc) is 2.94. The number of carbonyl (C=O) groups is 4. The van der Waals surface area contributed by atoms with Gasteiger partial charge >= 0.3 is 23.9 Å². The molecule has 0 radical (unpaired) electrons. The van der Waals surface area contributed by atoms with Crippen molar-refractivity contribution in [3.05, 3.63) is 59.7 Å². The first-order chi connectivity index (χ1) is 20.3. The summed E-state index contributed by atoms with van der Waals surface area (Å²) < 4.78 is 26.5. The van der Waals surface area contributed by atoms with Crippen molar-refractivity contribution in [3.8, 4) is 11.5 Å². The van der Waals surface area contributed by atoms with Crippen molar-refractivity contribution >= 4 is 23.9 Å². The lowest BCUT2D eigenvalue weighted by Crippen LogP contribution is -2.67. The lowest BCUT2D eigenvalue weighted by molar-refractivity contribution is -0.299. The SMILES string of the molecule is CC(=O)Oc1ccccc1CN[C@H]1[C@H]([C@H](OC(C)=O)[C@H](O)CO)OC(O)(C(=O)OCc2ccccc2OC(C)=O)C[C@@H]1O. The molecular formula is C29H35NO13. The first-order valence-electron chi connectivity index (χ1n) is 13.3. The van der Waals surface area contributed by atoms with Gasteiger partial charge in [-0.1, -0.05) is 36.4 Å². The molecule has 0 aliphatic carbocycles. The summed E-state index contributed by atoms with van der Waals surface area (Å²) in [5, 5.41) is 45.5. The van der Waals surface area contributed by atoms with E-state index in [1.54, 1.807) is 36.4 Å².